The maximum Gasteiger partial charge on any atom is 0.339 e. The number of carbonyl (C=O) groups excluding carboxylic acids is 1. The molecule has 0 aliphatic heterocycles. The van der Waals surface area contributed by atoms with E-state index in [-0.39, 0.29) is 11.4 Å². The molecule has 0 fully saturated rings. The summed E-state index contributed by atoms with van der Waals surface area (Å²) in [5.41, 5.74) is 2.61. The second-order valence-corrected chi connectivity index (χ2v) is 7.54. The Morgan fingerprint density at radius 1 is 1.18 bits per heavy atom. The van der Waals surface area contributed by atoms with Gasteiger partial charge in [-0.3, -0.25) is 0 Å². The fourth-order valence-electron chi connectivity index (χ4n) is 1.93. The van der Waals surface area contributed by atoms with Crippen molar-refractivity contribution in [2.45, 2.75) is 51.9 Å². The molecule has 0 saturated heterocycles. The number of rotatable bonds is 4. The maximum absolute atomic E-state index is 12.3. The second-order valence-electron chi connectivity index (χ2n) is 5.93. The molecule has 5 heteroatoms. The van der Waals surface area contributed by atoms with Crippen LogP contribution in [-0.2, 0) is 14.9 Å². The first-order valence-electron chi connectivity index (χ1n) is 7.37. The number of ether oxygens (including phenoxy) is 2. The Hall–Kier alpha value is -1.07. The fraction of sp³-hybridized carbons (Fsp3) is 0.529. The van der Waals surface area contributed by atoms with Gasteiger partial charge in [0.25, 0.3) is 0 Å². The molecule has 0 aromatic heterocycles. The molecule has 1 aromatic carbocycles. The Morgan fingerprint density at radius 2 is 1.77 bits per heavy atom. The van der Waals surface area contributed by atoms with E-state index < -0.39 is 0 Å². The summed E-state index contributed by atoms with van der Waals surface area (Å²) in [6.45, 7) is 12.9. The van der Waals surface area contributed by atoms with E-state index in [0.717, 1.165) is 16.0 Å². The van der Waals surface area contributed by atoms with Crippen LogP contribution in [0, 0.1) is 6.92 Å². The standard InChI is InChI=1S/C17H24O3S2/c1-7-19-15(18)13-10-12(17(4,5)6)9-11(3)14(13)22-16(21)20-8-2/h9-10H,7-8H2,1-6H3. The summed E-state index contributed by atoms with van der Waals surface area (Å²) < 4.78 is 10.9. The Labute approximate surface area is 142 Å². The summed E-state index contributed by atoms with van der Waals surface area (Å²) in [4.78, 5) is 13.1. The lowest BCUT2D eigenvalue weighted by Gasteiger charge is -2.22. The lowest BCUT2D eigenvalue weighted by Crippen LogP contribution is -2.15. The fourth-order valence-corrected chi connectivity index (χ4v) is 3.12. The summed E-state index contributed by atoms with van der Waals surface area (Å²) in [6, 6.07) is 4.00. The highest BCUT2D eigenvalue weighted by Crippen LogP contribution is 2.34. The highest BCUT2D eigenvalue weighted by atomic mass is 32.2. The molecule has 0 saturated carbocycles. The van der Waals surface area contributed by atoms with Gasteiger partial charge in [0, 0.05) is 4.90 Å². The van der Waals surface area contributed by atoms with Gasteiger partial charge in [0.2, 0.25) is 4.38 Å². The van der Waals surface area contributed by atoms with E-state index >= 15 is 0 Å². The molecule has 0 N–H and O–H groups in total. The van der Waals surface area contributed by atoms with E-state index in [4.69, 9.17) is 21.7 Å². The number of aryl methyl sites for hydroxylation is 1. The monoisotopic (exact) mass is 340 g/mol. The highest BCUT2D eigenvalue weighted by Gasteiger charge is 2.22. The molecular formula is C17H24O3S2. The largest absolute Gasteiger partial charge is 0.479 e. The summed E-state index contributed by atoms with van der Waals surface area (Å²) in [5.74, 6) is -0.321. The molecule has 0 aliphatic rings. The van der Waals surface area contributed by atoms with Crippen LogP contribution in [0.5, 0.6) is 0 Å². The van der Waals surface area contributed by atoms with Gasteiger partial charge in [0.1, 0.15) is 0 Å². The van der Waals surface area contributed by atoms with Crippen LogP contribution in [0.15, 0.2) is 17.0 Å². The van der Waals surface area contributed by atoms with Crippen molar-refractivity contribution in [2.75, 3.05) is 13.2 Å². The van der Waals surface area contributed by atoms with Crippen molar-refractivity contribution in [3.05, 3.63) is 28.8 Å². The van der Waals surface area contributed by atoms with E-state index in [0.29, 0.717) is 23.2 Å². The number of thioether (sulfide) groups is 1. The van der Waals surface area contributed by atoms with E-state index in [1.807, 2.05) is 19.9 Å². The molecule has 0 atom stereocenters. The summed E-state index contributed by atoms with van der Waals surface area (Å²) in [5, 5.41) is 0. The van der Waals surface area contributed by atoms with E-state index in [9.17, 15) is 4.79 Å². The Kier molecular flexibility index (Phi) is 6.88. The molecule has 0 unspecified atom stereocenters. The van der Waals surface area contributed by atoms with Gasteiger partial charge in [-0.25, -0.2) is 4.79 Å². The minimum Gasteiger partial charge on any atom is -0.479 e. The van der Waals surface area contributed by atoms with Gasteiger partial charge in [-0.1, -0.05) is 26.8 Å². The first kappa shape index (κ1) is 19.0. The van der Waals surface area contributed by atoms with Gasteiger partial charge in [-0.2, -0.15) is 0 Å². The predicted molar refractivity (Wildman–Crippen MR) is 95.9 cm³/mol. The molecule has 0 spiro atoms. The van der Waals surface area contributed by atoms with E-state index in [2.05, 4.69) is 26.8 Å². The summed E-state index contributed by atoms with van der Waals surface area (Å²) >= 11 is 6.50. The van der Waals surface area contributed by atoms with Crippen LogP contribution < -0.4 is 0 Å². The zero-order valence-corrected chi connectivity index (χ0v) is 15.7. The summed E-state index contributed by atoms with van der Waals surface area (Å²) in [6.07, 6.45) is 0. The number of hydrogen-bond acceptors (Lipinski definition) is 5. The average Bonchev–Trinajstić information content (AvgIpc) is 2.40. The number of thiocarbonyl (C=S) groups is 1. The van der Waals surface area contributed by atoms with Crippen LogP contribution in [0.25, 0.3) is 0 Å². The van der Waals surface area contributed by atoms with Gasteiger partial charge in [0.05, 0.1) is 18.8 Å². The van der Waals surface area contributed by atoms with Gasteiger partial charge in [-0.05, 0) is 67.4 Å². The van der Waals surface area contributed by atoms with E-state index in [1.54, 1.807) is 6.92 Å². The van der Waals surface area contributed by atoms with E-state index in [1.165, 1.54) is 11.8 Å². The van der Waals surface area contributed by atoms with Crippen molar-refractivity contribution >= 4 is 34.3 Å². The third-order valence-electron chi connectivity index (χ3n) is 3.08. The highest BCUT2D eigenvalue weighted by molar-refractivity contribution is 8.22. The topological polar surface area (TPSA) is 35.5 Å². The third kappa shape index (κ3) is 4.99. The molecule has 0 radical (unpaired) electrons. The zero-order valence-electron chi connectivity index (χ0n) is 14.1. The second kappa shape index (κ2) is 7.97. The first-order valence-corrected chi connectivity index (χ1v) is 8.60. The average molecular weight is 341 g/mol. The van der Waals surface area contributed by atoms with Crippen LogP contribution in [0.4, 0.5) is 0 Å². The molecule has 0 heterocycles. The quantitative estimate of drug-likeness (QED) is 0.443. The first-order chi connectivity index (χ1) is 10.2. The third-order valence-corrected chi connectivity index (χ3v) is 4.48. The van der Waals surface area contributed by atoms with Crippen LogP contribution in [0.3, 0.4) is 0 Å². The molecule has 1 rings (SSSR count). The minimum absolute atomic E-state index is 0.0460. The van der Waals surface area contributed by atoms with Crippen molar-refractivity contribution in [2.24, 2.45) is 0 Å². The normalized spacial score (nSPS) is 11.2. The lowest BCUT2D eigenvalue weighted by molar-refractivity contribution is 0.0522. The maximum atomic E-state index is 12.3. The minimum atomic E-state index is -0.321. The molecule has 3 nitrogen and oxygen atoms in total. The zero-order chi connectivity index (χ0) is 16.9. The van der Waals surface area contributed by atoms with Crippen molar-refractivity contribution in [3.63, 3.8) is 0 Å². The van der Waals surface area contributed by atoms with Gasteiger partial charge in [0.15, 0.2) is 0 Å². The smallest absolute Gasteiger partial charge is 0.339 e. The Morgan fingerprint density at radius 3 is 2.27 bits per heavy atom. The summed E-state index contributed by atoms with van der Waals surface area (Å²) in [7, 11) is 0. The van der Waals surface area contributed by atoms with Gasteiger partial charge < -0.3 is 9.47 Å². The number of esters is 1. The van der Waals surface area contributed by atoms with Crippen LogP contribution in [0.2, 0.25) is 0 Å². The number of hydrogen-bond donors (Lipinski definition) is 0. The van der Waals surface area contributed by atoms with Crippen LogP contribution in [0.1, 0.15) is 56.1 Å². The Bertz CT molecular complexity index is 560. The van der Waals surface area contributed by atoms with Crippen molar-refractivity contribution in [3.8, 4) is 0 Å². The van der Waals surface area contributed by atoms with Crippen molar-refractivity contribution in [1.29, 1.82) is 0 Å². The lowest BCUT2D eigenvalue weighted by atomic mass is 9.85. The molecule has 0 amide bonds. The molecule has 122 valence electrons. The number of benzene rings is 1. The molecule has 22 heavy (non-hydrogen) atoms. The van der Waals surface area contributed by atoms with Crippen molar-refractivity contribution in [1.82, 2.24) is 0 Å². The molecular weight excluding hydrogens is 316 g/mol. The molecule has 0 bridgehead atoms. The SMILES string of the molecule is CCOC(=O)c1cc(C(C)(C)C)cc(C)c1SC(=S)OCC. The Balaban J connectivity index is 3.34. The predicted octanol–water partition coefficient (Wildman–Crippen LogP) is 4.88. The molecule has 0 aliphatic carbocycles. The van der Waals surface area contributed by atoms with Crippen LogP contribution >= 0.6 is 24.0 Å². The van der Waals surface area contributed by atoms with Crippen molar-refractivity contribution < 1.29 is 14.3 Å². The van der Waals surface area contributed by atoms with Crippen LogP contribution in [-0.4, -0.2) is 23.6 Å². The molecule has 1 aromatic rings. The van der Waals surface area contributed by atoms with Gasteiger partial charge >= 0.3 is 5.97 Å². The van der Waals surface area contributed by atoms with Gasteiger partial charge in [-0.15, -0.1) is 0 Å². The number of carbonyl (C=O) groups is 1.